The first-order valence-corrected chi connectivity index (χ1v) is 11.5. The monoisotopic (exact) mass is 400 g/mol. The van der Waals surface area contributed by atoms with Crippen molar-refractivity contribution < 1.29 is 13.2 Å². The summed E-state index contributed by atoms with van der Waals surface area (Å²) in [7, 11) is -3.59. The van der Waals surface area contributed by atoms with Crippen molar-refractivity contribution >= 4 is 21.6 Å². The van der Waals surface area contributed by atoms with Crippen molar-refractivity contribution in [2.24, 2.45) is 0 Å². The van der Waals surface area contributed by atoms with Crippen molar-refractivity contribution in [3.63, 3.8) is 0 Å². The summed E-state index contributed by atoms with van der Waals surface area (Å²) in [5.41, 5.74) is 6.10. The van der Waals surface area contributed by atoms with Gasteiger partial charge in [-0.25, -0.2) is 8.42 Å². The number of nitrogens with one attached hydrogen (secondary N) is 1. The van der Waals surface area contributed by atoms with Gasteiger partial charge in [0.1, 0.15) is 6.54 Å². The number of hydrogen-bond acceptors (Lipinski definition) is 3. The van der Waals surface area contributed by atoms with Crippen molar-refractivity contribution in [1.82, 2.24) is 5.32 Å². The Bertz CT molecular complexity index is 999. The minimum absolute atomic E-state index is 0.182. The third-order valence-corrected chi connectivity index (χ3v) is 6.45. The number of hydrogen-bond donors (Lipinski definition) is 1. The topological polar surface area (TPSA) is 66.5 Å². The van der Waals surface area contributed by atoms with Crippen LogP contribution in [-0.4, -0.2) is 27.1 Å². The largest absolute Gasteiger partial charge is 0.348 e. The molecule has 2 aromatic carbocycles. The Kier molecular flexibility index (Phi) is 5.79. The number of benzene rings is 2. The molecule has 0 heterocycles. The number of fused-ring (bicyclic) bond motifs is 1. The lowest BCUT2D eigenvalue weighted by molar-refractivity contribution is -0.120. The van der Waals surface area contributed by atoms with Crippen LogP contribution >= 0.6 is 0 Å². The van der Waals surface area contributed by atoms with E-state index in [0.29, 0.717) is 5.69 Å². The fourth-order valence-electron chi connectivity index (χ4n) is 3.73. The zero-order valence-electron chi connectivity index (χ0n) is 17.0. The zero-order valence-corrected chi connectivity index (χ0v) is 17.8. The Balaban J connectivity index is 1.76. The molecule has 5 nitrogen and oxygen atoms in total. The van der Waals surface area contributed by atoms with Crippen LogP contribution in [0.5, 0.6) is 0 Å². The molecule has 0 bridgehead atoms. The Morgan fingerprint density at radius 2 is 1.82 bits per heavy atom. The van der Waals surface area contributed by atoms with E-state index in [1.165, 1.54) is 21.9 Å². The van der Waals surface area contributed by atoms with Crippen molar-refractivity contribution in [3.8, 4) is 0 Å². The molecule has 1 N–H and O–H groups in total. The number of rotatable bonds is 6. The van der Waals surface area contributed by atoms with Gasteiger partial charge in [0.15, 0.2) is 0 Å². The standard InChI is InChI=1S/C22H28N2O3S/c1-15-8-9-16(2)21(12-15)24(28(4,26)27)14-22(25)23-17(3)19-11-10-18-6-5-7-20(18)13-19/h8-13,17H,5-7,14H2,1-4H3,(H,23,25)/t17-/m1/s1. The van der Waals surface area contributed by atoms with E-state index in [4.69, 9.17) is 0 Å². The average molecular weight is 401 g/mol. The van der Waals surface area contributed by atoms with Crippen molar-refractivity contribution in [2.75, 3.05) is 17.1 Å². The molecule has 0 radical (unpaired) electrons. The van der Waals surface area contributed by atoms with E-state index in [9.17, 15) is 13.2 Å². The fourth-order valence-corrected chi connectivity index (χ4v) is 4.64. The zero-order chi connectivity index (χ0) is 20.5. The summed E-state index contributed by atoms with van der Waals surface area (Å²) in [5, 5.41) is 2.95. The van der Waals surface area contributed by atoms with Crippen molar-refractivity contribution in [2.45, 2.75) is 46.1 Å². The molecule has 3 rings (SSSR count). The van der Waals surface area contributed by atoms with Crippen LogP contribution < -0.4 is 9.62 Å². The van der Waals surface area contributed by atoms with Gasteiger partial charge < -0.3 is 5.32 Å². The maximum absolute atomic E-state index is 12.7. The molecule has 1 amide bonds. The lowest BCUT2D eigenvalue weighted by Crippen LogP contribution is -2.41. The van der Waals surface area contributed by atoms with E-state index in [0.717, 1.165) is 35.8 Å². The van der Waals surface area contributed by atoms with Crippen molar-refractivity contribution in [3.05, 3.63) is 64.2 Å². The van der Waals surface area contributed by atoms with Gasteiger partial charge in [0.05, 0.1) is 18.0 Å². The summed E-state index contributed by atoms with van der Waals surface area (Å²) in [5.74, 6) is -0.320. The first kappa shape index (κ1) is 20.4. The van der Waals surface area contributed by atoms with Crippen LogP contribution in [0.2, 0.25) is 0 Å². The second-order valence-corrected chi connectivity index (χ2v) is 9.64. The van der Waals surface area contributed by atoms with E-state index >= 15 is 0 Å². The fraction of sp³-hybridized carbons (Fsp3) is 0.409. The highest BCUT2D eigenvalue weighted by Gasteiger charge is 2.23. The predicted octanol–water partition coefficient (Wildman–Crippen LogP) is 3.44. The highest BCUT2D eigenvalue weighted by atomic mass is 32.2. The van der Waals surface area contributed by atoms with E-state index in [1.807, 2.05) is 39.0 Å². The minimum atomic E-state index is -3.59. The Morgan fingerprint density at radius 3 is 2.54 bits per heavy atom. The van der Waals surface area contributed by atoms with Crippen LogP contribution in [0.1, 0.15) is 47.2 Å². The van der Waals surface area contributed by atoms with Gasteiger partial charge in [-0.3, -0.25) is 9.10 Å². The summed E-state index contributed by atoms with van der Waals surface area (Å²) in [6, 6.07) is 11.8. The molecule has 0 saturated carbocycles. The number of amides is 1. The van der Waals surface area contributed by atoms with Gasteiger partial charge in [-0.15, -0.1) is 0 Å². The average Bonchev–Trinajstić information content (AvgIpc) is 3.08. The van der Waals surface area contributed by atoms with Gasteiger partial charge in [0, 0.05) is 0 Å². The number of sulfonamides is 1. The van der Waals surface area contributed by atoms with Gasteiger partial charge in [-0.05, 0) is 73.9 Å². The summed E-state index contributed by atoms with van der Waals surface area (Å²) in [6.45, 7) is 5.44. The quantitative estimate of drug-likeness (QED) is 0.808. The summed E-state index contributed by atoms with van der Waals surface area (Å²) < 4.78 is 25.9. The number of carbonyl (C=O) groups excluding carboxylic acids is 1. The molecule has 150 valence electrons. The molecule has 2 aromatic rings. The third-order valence-electron chi connectivity index (χ3n) is 5.32. The number of aryl methyl sites for hydroxylation is 4. The Labute approximate surface area is 167 Å². The van der Waals surface area contributed by atoms with Gasteiger partial charge >= 0.3 is 0 Å². The van der Waals surface area contributed by atoms with E-state index in [1.54, 1.807) is 6.07 Å². The van der Waals surface area contributed by atoms with Crippen LogP contribution in [0, 0.1) is 13.8 Å². The number of carbonyl (C=O) groups is 1. The molecule has 28 heavy (non-hydrogen) atoms. The maximum Gasteiger partial charge on any atom is 0.241 e. The van der Waals surface area contributed by atoms with Crippen LogP contribution in [0.3, 0.4) is 0 Å². The summed E-state index contributed by atoms with van der Waals surface area (Å²) in [4.78, 5) is 12.7. The highest BCUT2D eigenvalue weighted by Crippen LogP contribution is 2.26. The summed E-state index contributed by atoms with van der Waals surface area (Å²) in [6.07, 6.45) is 4.51. The van der Waals surface area contributed by atoms with Crippen molar-refractivity contribution in [1.29, 1.82) is 0 Å². The molecule has 1 aliphatic rings. The minimum Gasteiger partial charge on any atom is -0.348 e. The number of anilines is 1. The number of nitrogens with zero attached hydrogens (tertiary/aromatic N) is 1. The van der Waals surface area contributed by atoms with Gasteiger partial charge in [-0.1, -0.05) is 30.3 Å². The van der Waals surface area contributed by atoms with E-state index < -0.39 is 10.0 Å². The molecule has 0 aromatic heterocycles. The second kappa shape index (κ2) is 7.95. The van der Waals surface area contributed by atoms with Crippen LogP contribution in [0.15, 0.2) is 36.4 Å². The highest BCUT2D eigenvalue weighted by molar-refractivity contribution is 7.92. The van der Waals surface area contributed by atoms with Crippen LogP contribution in [-0.2, 0) is 27.7 Å². The third kappa shape index (κ3) is 4.55. The molecule has 0 saturated heterocycles. The molecule has 0 unspecified atom stereocenters. The van der Waals surface area contributed by atoms with Gasteiger partial charge in [0.2, 0.25) is 15.9 Å². The molecule has 0 fully saturated rings. The molecule has 0 aliphatic heterocycles. The molecule has 1 aliphatic carbocycles. The molecular formula is C22H28N2O3S. The van der Waals surface area contributed by atoms with Gasteiger partial charge in [0.25, 0.3) is 0 Å². The first-order chi connectivity index (χ1) is 13.1. The molecular weight excluding hydrogens is 372 g/mol. The smallest absolute Gasteiger partial charge is 0.241 e. The predicted molar refractivity (Wildman–Crippen MR) is 113 cm³/mol. The first-order valence-electron chi connectivity index (χ1n) is 9.61. The lowest BCUT2D eigenvalue weighted by Gasteiger charge is -2.25. The molecule has 6 heteroatoms. The maximum atomic E-state index is 12.7. The summed E-state index contributed by atoms with van der Waals surface area (Å²) >= 11 is 0. The SMILES string of the molecule is Cc1ccc(C)c(N(CC(=O)N[C@H](C)c2ccc3c(c2)CCC3)S(C)(=O)=O)c1. The van der Waals surface area contributed by atoms with Crippen LogP contribution in [0.4, 0.5) is 5.69 Å². The van der Waals surface area contributed by atoms with Crippen LogP contribution in [0.25, 0.3) is 0 Å². The normalized spacial score (nSPS) is 14.4. The van der Waals surface area contributed by atoms with E-state index in [2.05, 4.69) is 17.4 Å². The van der Waals surface area contributed by atoms with E-state index in [-0.39, 0.29) is 18.5 Å². The second-order valence-electron chi connectivity index (χ2n) is 7.73. The molecule has 0 spiro atoms. The van der Waals surface area contributed by atoms with Gasteiger partial charge in [-0.2, -0.15) is 0 Å². The Morgan fingerprint density at radius 1 is 1.11 bits per heavy atom. The molecule has 1 atom stereocenters. The lowest BCUT2D eigenvalue weighted by atomic mass is 10.0. The Hall–Kier alpha value is -2.34.